The van der Waals surface area contributed by atoms with Crippen LogP contribution in [0.25, 0.3) is 5.65 Å². The van der Waals surface area contributed by atoms with Crippen molar-refractivity contribution in [2.45, 2.75) is 19.1 Å². The van der Waals surface area contributed by atoms with Crippen LogP contribution in [0, 0.1) is 6.92 Å². The fourth-order valence-electron chi connectivity index (χ4n) is 2.82. The van der Waals surface area contributed by atoms with Gasteiger partial charge in [-0.2, -0.15) is 4.52 Å². The van der Waals surface area contributed by atoms with E-state index in [-0.39, 0.29) is 0 Å². The zero-order valence-corrected chi connectivity index (χ0v) is 13.6. The fourth-order valence-corrected chi connectivity index (χ4v) is 3.81. The minimum absolute atomic E-state index is 0.619. The molecule has 2 aliphatic rings. The van der Waals surface area contributed by atoms with Gasteiger partial charge in [0.1, 0.15) is 5.82 Å². The van der Waals surface area contributed by atoms with E-state index in [4.69, 9.17) is 0 Å². The number of anilines is 1. The molecule has 4 rings (SSSR count). The first-order valence-corrected chi connectivity index (χ1v) is 8.49. The van der Waals surface area contributed by atoms with Gasteiger partial charge >= 0.3 is 0 Å². The van der Waals surface area contributed by atoms with Crippen LogP contribution in [0.4, 0.5) is 5.82 Å². The molecule has 0 saturated carbocycles. The quantitative estimate of drug-likeness (QED) is 0.783. The summed E-state index contributed by atoms with van der Waals surface area (Å²) >= 11 is 1.90. The third-order valence-corrected chi connectivity index (χ3v) is 5.22. The Kier molecular flexibility index (Phi) is 3.40. The Balaban J connectivity index is 1.47. The summed E-state index contributed by atoms with van der Waals surface area (Å²) in [5.41, 5.74) is 0.797. The summed E-state index contributed by atoms with van der Waals surface area (Å²) < 4.78 is 1.81. The van der Waals surface area contributed by atoms with E-state index in [1.54, 1.807) is 4.52 Å². The van der Waals surface area contributed by atoms with Gasteiger partial charge in [-0.3, -0.25) is 4.99 Å². The largest absolute Gasteiger partial charge is 0.352 e. The predicted octanol–water partition coefficient (Wildman–Crippen LogP) is 1.05. The predicted molar refractivity (Wildman–Crippen MR) is 88.7 cm³/mol. The van der Waals surface area contributed by atoms with Crippen LogP contribution in [0.1, 0.15) is 12.7 Å². The summed E-state index contributed by atoms with van der Waals surface area (Å²) in [7, 11) is 0. The van der Waals surface area contributed by atoms with E-state index >= 15 is 0 Å². The van der Waals surface area contributed by atoms with Gasteiger partial charge < -0.3 is 9.80 Å². The van der Waals surface area contributed by atoms with Crippen molar-refractivity contribution in [3.63, 3.8) is 0 Å². The van der Waals surface area contributed by atoms with Crippen LogP contribution >= 0.6 is 11.8 Å². The second-order valence-corrected chi connectivity index (χ2v) is 7.14. The van der Waals surface area contributed by atoms with Crippen molar-refractivity contribution in [2.75, 3.05) is 37.6 Å². The van der Waals surface area contributed by atoms with E-state index in [0.717, 1.165) is 50.0 Å². The summed E-state index contributed by atoms with van der Waals surface area (Å²) in [6, 6.07) is 4.01. The van der Waals surface area contributed by atoms with Gasteiger partial charge in [-0.1, -0.05) is 18.7 Å². The van der Waals surface area contributed by atoms with E-state index in [2.05, 4.69) is 37.0 Å². The zero-order valence-electron chi connectivity index (χ0n) is 12.8. The van der Waals surface area contributed by atoms with Gasteiger partial charge in [0.05, 0.1) is 6.54 Å². The number of nitrogens with zero attached hydrogens (tertiary/aromatic N) is 7. The Morgan fingerprint density at radius 1 is 1.09 bits per heavy atom. The van der Waals surface area contributed by atoms with E-state index < -0.39 is 0 Å². The van der Waals surface area contributed by atoms with Gasteiger partial charge in [-0.05, 0) is 19.1 Å². The van der Waals surface area contributed by atoms with Crippen LogP contribution in [-0.2, 0) is 0 Å². The Morgan fingerprint density at radius 3 is 2.59 bits per heavy atom. The van der Waals surface area contributed by atoms with E-state index in [1.807, 2.05) is 30.8 Å². The minimum Gasteiger partial charge on any atom is -0.352 e. The molecule has 4 heterocycles. The van der Waals surface area contributed by atoms with Crippen LogP contribution in [-0.4, -0.2) is 67.9 Å². The van der Waals surface area contributed by atoms with E-state index in [1.165, 1.54) is 5.17 Å². The molecule has 0 amide bonds. The maximum atomic E-state index is 4.66. The molecule has 1 saturated heterocycles. The highest BCUT2D eigenvalue weighted by Gasteiger charge is 2.25. The lowest BCUT2D eigenvalue weighted by molar-refractivity contribution is 0.390. The molecular formula is C14H19N7S. The zero-order chi connectivity index (χ0) is 15.1. The first-order valence-electron chi connectivity index (χ1n) is 7.61. The number of amidine groups is 1. The van der Waals surface area contributed by atoms with Crippen LogP contribution in [0.2, 0.25) is 0 Å². The molecule has 0 bridgehead atoms. The third-order valence-electron chi connectivity index (χ3n) is 4.07. The van der Waals surface area contributed by atoms with Crippen molar-refractivity contribution in [1.29, 1.82) is 0 Å². The maximum Gasteiger partial charge on any atom is 0.178 e. The van der Waals surface area contributed by atoms with Crippen LogP contribution in [0.3, 0.4) is 0 Å². The molecule has 7 nitrogen and oxygen atoms in total. The third kappa shape index (κ3) is 2.41. The summed E-state index contributed by atoms with van der Waals surface area (Å²) in [5.74, 6) is 1.81. The van der Waals surface area contributed by atoms with Gasteiger partial charge in [0, 0.05) is 31.4 Å². The molecule has 2 aromatic rings. The summed E-state index contributed by atoms with van der Waals surface area (Å²) in [6.45, 7) is 9.04. The number of hydrogen-bond acceptors (Lipinski definition) is 7. The smallest absolute Gasteiger partial charge is 0.178 e. The highest BCUT2D eigenvalue weighted by atomic mass is 32.2. The number of fused-ring (bicyclic) bond motifs is 1. The Morgan fingerprint density at radius 2 is 1.86 bits per heavy atom. The number of piperazine rings is 1. The van der Waals surface area contributed by atoms with Crippen molar-refractivity contribution in [2.24, 2.45) is 4.99 Å². The second kappa shape index (κ2) is 5.42. The first kappa shape index (κ1) is 13.8. The number of aryl methyl sites for hydroxylation is 1. The van der Waals surface area contributed by atoms with Crippen LogP contribution in [0.15, 0.2) is 17.1 Å². The summed E-state index contributed by atoms with van der Waals surface area (Å²) in [6.07, 6.45) is 0. The minimum atomic E-state index is 0.619. The normalized spacial score (nSPS) is 22.5. The molecule has 8 heteroatoms. The Hall–Kier alpha value is -1.83. The van der Waals surface area contributed by atoms with Crippen LogP contribution in [0.5, 0.6) is 0 Å². The molecule has 0 spiro atoms. The first-order chi connectivity index (χ1) is 10.7. The molecular weight excluding hydrogens is 298 g/mol. The number of rotatable bonds is 1. The Labute approximate surface area is 133 Å². The monoisotopic (exact) mass is 317 g/mol. The standard InChI is InChI=1S/C14H19N7S/c1-10-9-15-14(22-10)20-7-5-19(6-8-20)13-4-3-12-17-16-11(2)21(12)18-13/h3-4,10H,5-9H2,1-2H3. The molecule has 1 atom stereocenters. The average Bonchev–Trinajstić information content (AvgIpc) is 3.14. The molecule has 0 aromatic carbocycles. The van der Waals surface area contributed by atoms with Crippen molar-refractivity contribution in [1.82, 2.24) is 24.7 Å². The highest BCUT2D eigenvalue weighted by Crippen LogP contribution is 2.24. The van der Waals surface area contributed by atoms with Crippen molar-refractivity contribution >= 4 is 28.4 Å². The van der Waals surface area contributed by atoms with E-state index in [9.17, 15) is 0 Å². The number of aliphatic imine (C=N–C) groups is 1. The molecule has 116 valence electrons. The van der Waals surface area contributed by atoms with Gasteiger partial charge in [0.15, 0.2) is 16.6 Å². The molecule has 0 N–H and O–H groups in total. The molecule has 2 aromatic heterocycles. The summed E-state index contributed by atoms with van der Waals surface area (Å²) in [5, 5.41) is 14.6. The molecule has 2 aliphatic heterocycles. The van der Waals surface area contributed by atoms with Crippen molar-refractivity contribution < 1.29 is 0 Å². The molecule has 22 heavy (non-hydrogen) atoms. The van der Waals surface area contributed by atoms with Gasteiger partial charge in [0.25, 0.3) is 0 Å². The molecule has 0 radical (unpaired) electrons. The number of aromatic nitrogens is 4. The second-order valence-electron chi connectivity index (χ2n) is 5.73. The Bertz CT molecular complexity index is 717. The van der Waals surface area contributed by atoms with Crippen LogP contribution < -0.4 is 4.90 Å². The van der Waals surface area contributed by atoms with Crippen molar-refractivity contribution in [3.8, 4) is 0 Å². The van der Waals surface area contributed by atoms with Gasteiger partial charge in [-0.15, -0.1) is 15.3 Å². The SMILES string of the molecule is Cc1nnc2ccc(N3CCN(C4=NCC(C)S4)CC3)nn12. The maximum absolute atomic E-state index is 4.66. The number of hydrogen-bond donors (Lipinski definition) is 0. The molecule has 1 fully saturated rings. The summed E-state index contributed by atoms with van der Waals surface area (Å²) in [4.78, 5) is 9.35. The lowest BCUT2D eigenvalue weighted by atomic mass is 10.3. The molecule has 0 aliphatic carbocycles. The highest BCUT2D eigenvalue weighted by molar-refractivity contribution is 8.14. The topological polar surface area (TPSA) is 61.9 Å². The van der Waals surface area contributed by atoms with Gasteiger partial charge in [-0.25, -0.2) is 0 Å². The lowest BCUT2D eigenvalue weighted by Gasteiger charge is -2.36. The van der Waals surface area contributed by atoms with Gasteiger partial charge in [0.2, 0.25) is 0 Å². The average molecular weight is 317 g/mol. The van der Waals surface area contributed by atoms with Crippen molar-refractivity contribution in [3.05, 3.63) is 18.0 Å². The number of thioether (sulfide) groups is 1. The lowest BCUT2D eigenvalue weighted by Crippen LogP contribution is -2.48. The molecule has 1 unspecified atom stereocenters. The fraction of sp³-hybridized carbons (Fsp3) is 0.571. The van der Waals surface area contributed by atoms with E-state index in [0.29, 0.717) is 5.25 Å².